The molecule has 0 spiro atoms. The fourth-order valence-electron chi connectivity index (χ4n) is 1.04. The molecule has 0 N–H and O–H groups in total. The number of halogens is 1. The van der Waals surface area contributed by atoms with E-state index in [1.807, 2.05) is 0 Å². The van der Waals surface area contributed by atoms with E-state index in [0.717, 1.165) is 12.3 Å². The van der Waals surface area contributed by atoms with E-state index >= 15 is 0 Å². The van der Waals surface area contributed by atoms with E-state index in [1.165, 1.54) is 13.2 Å². The standard InChI is InChI=1S/C8H8BrNO6S/c1-15-5-3-6(9)8(16-17(2,13)14)7(4-5)10(11)12/h3-4H,1-2H3. The van der Waals surface area contributed by atoms with Gasteiger partial charge in [0, 0.05) is 0 Å². The third kappa shape index (κ3) is 3.56. The fourth-order valence-corrected chi connectivity index (χ4v) is 2.14. The first-order chi connectivity index (χ1) is 7.74. The molecule has 0 aliphatic rings. The van der Waals surface area contributed by atoms with Crippen LogP contribution in [0.5, 0.6) is 11.5 Å². The van der Waals surface area contributed by atoms with E-state index in [1.54, 1.807) is 0 Å². The molecule has 0 saturated heterocycles. The molecule has 0 bridgehead atoms. The number of nitrogens with zero attached hydrogens (tertiary/aromatic N) is 1. The topological polar surface area (TPSA) is 95.7 Å². The Kier molecular flexibility index (Phi) is 3.94. The Morgan fingerprint density at radius 1 is 1.41 bits per heavy atom. The lowest BCUT2D eigenvalue weighted by molar-refractivity contribution is -0.385. The second kappa shape index (κ2) is 4.88. The lowest BCUT2D eigenvalue weighted by atomic mass is 10.3. The molecule has 9 heteroatoms. The molecule has 0 radical (unpaired) electrons. The van der Waals surface area contributed by atoms with Crippen molar-refractivity contribution in [3.8, 4) is 11.5 Å². The van der Waals surface area contributed by atoms with Crippen molar-refractivity contribution >= 4 is 31.7 Å². The summed E-state index contributed by atoms with van der Waals surface area (Å²) < 4.78 is 31.5. The molecule has 0 saturated carbocycles. The molecule has 0 unspecified atom stereocenters. The molecule has 0 fully saturated rings. The summed E-state index contributed by atoms with van der Waals surface area (Å²) in [5.41, 5.74) is -0.498. The number of methoxy groups -OCH3 is 1. The summed E-state index contributed by atoms with van der Waals surface area (Å²) in [6, 6.07) is 2.44. The van der Waals surface area contributed by atoms with Crippen LogP contribution in [0.1, 0.15) is 0 Å². The Balaban J connectivity index is 3.42. The molecule has 0 aromatic heterocycles. The van der Waals surface area contributed by atoms with Gasteiger partial charge in [0.15, 0.2) is 0 Å². The Bertz CT molecular complexity index is 555. The summed E-state index contributed by atoms with van der Waals surface area (Å²) in [4.78, 5) is 10.0. The molecule has 0 atom stereocenters. The van der Waals surface area contributed by atoms with Crippen LogP contribution in [0.15, 0.2) is 16.6 Å². The van der Waals surface area contributed by atoms with Gasteiger partial charge in [0.1, 0.15) is 5.75 Å². The van der Waals surface area contributed by atoms with E-state index in [4.69, 9.17) is 4.74 Å². The first-order valence-corrected chi connectivity index (χ1v) is 6.77. The van der Waals surface area contributed by atoms with E-state index in [2.05, 4.69) is 20.1 Å². The predicted molar refractivity (Wildman–Crippen MR) is 62.8 cm³/mol. The van der Waals surface area contributed by atoms with Gasteiger partial charge in [-0.05, 0) is 22.0 Å². The van der Waals surface area contributed by atoms with Crippen molar-refractivity contribution in [2.45, 2.75) is 0 Å². The van der Waals surface area contributed by atoms with E-state index in [9.17, 15) is 18.5 Å². The predicted octanol–water partition coefficient (Wildman–Crippen LogP) is 1.70. The van der Waals surface area contributed by atoms with Crippen molar-refractivity contribution in [2.75, 3.05) is 13.4 Å². The van der Waals surface area contributed by atoms with Gasteiger partial charge in [-0.2, -0.15) is 8.42 Å². The number of nitro groups is 1. The number of benzene rings is 1. The number of rotatable bonds is 4. The highest BCUT2D eigenvalue weighted by Crippen LogP contribution is 2.39. The number of hydrogen-bond acceptors (Lipinski definition) is 6. The van der Waals surface area contributed by atoms with Gasteiger partial charge in [0.05, 0.1) is 28.8 Å². The maximum absolute atomic E-state index is 11.0. The van der Waals surface area contributed by atoms with Crippen molar-refractivity contribution in [3.05, 3.63) is 26.7 Å². The molecule has 0 amide bonds. The van der Waals surface area contributed by atoms with Gasteiger partial charge in [-0.3, -0.25) is 10.1 Å². The minimum Gasteiger partial charge on any atom is -0.496 e. The Labute approximate surface area is 106 Å². The second-order valence-corrected chi connectivity index (χ2v) is 5.43. The third-order valence-corrected chi connectivity index (χ3v) is 2.72. The summed E-state index contributed by atoms with van der Waals surface area (Å²) in [7, 11) is -2.51. The van der Waals surface area contributed by atoms with Crippen LogP contribution in [0.4, 0.5) is 5.69 Å². The average molecular weight is 326 g/mol. The van der Waals surface area contributed by atoms with Crippen molar-refractivity contribution in [1.29, 1.82) is 0 Å². The molecular formula is C8H8BrNO6S. The highest BCUT2D eigenvalue weighted by atomic mass is 79.9. The number of nitro benzene ring substituents is 1. The van der Waals surface area contributed by atoms with Gasteiger partial charge in [-0.1, -0.05) is 0 Å². The van der Waals surface area contributed by atoms with Crippen molar-refractivity contribution in [1.82, 2.24) is 0 Å². The molecule has 1 aromatic rings. The van der Waals surface area contributed by atoms with Crippen LogP contribution in [0.25, 0.3) is 0 Å². The van der Waals surface area contributed by atoms with Gasteiger partial charge in [-0.15, -0.1) is 0 Å². The minimum absolute atomic E-state index is 0.119. The van der Waals surface area contributed by atoms with Gasteiger partial charge >= 0.3 is 15.8 Å². The van der Waals surface area contributed by atoms with Crippen LogP contribution in [0.2, 0.25) is 0 Å². The highest BCUT2D eigenvalue weighted by Gasteiger charge is 2.23. The minimum atomic E-state index is -3.85. The zero-order valence-electron chi connectivity index (χ0n) is 8.84. The van der Waals surface area contributed by atoms with Crippen LogP contribution < -0.4 is 8.92 Å². The zero-order valence-corrected chi connectivity index (χ0v) is 11.2. The van der Waals surface area contributed by atoms with Crippen LogP contribution >= 0.6 is 15.9 Å². The largest absolute Gasteiger partial charge is 0.496 e. The van der Waals surface area contributed by atoms with Crippen LogP contribution in [0, 0.1) is 10.1 Å². The molecule has 7 nitrogen and oxygen atoms in total. The van der Waals surface area contributed by atoms with Crippen molar-refractivity contribution < 1.29 is 22.3 Å². The van der Waals surface area contributed by atoms with Gasteiger partial charge in [0.25, 0.3) is 0 Å². The Hall–Kier alpha value is -1.35. The highest BCUT2D eigenvalue weighted by molar-refractivity contribution is 9.10. The molecule has 0 aliphatic carbocycles. The average Bonchev–Trinajstić information content (AvgIpc) is 2.18. The summed E-state index contributed by atoms with van der Waals surface area (Å²) in [6.07, 6.45) is 0.799. The number of ether oxygens (including phenoxy) is 1. The first kappa shape index (κ1) is 13.7. The Morgan fingerprint density at radius 3 is 2.41 bits per heavy atom. The maximum Gasteiger partial charge on any atom is 0.317 e. The summed E-state index contributed by atoms with van der Waals surface area (Å²) in [5, 5.41) is 10.8. The van der Waals surface area contributed by atoms with E-state index in [-0.39, 0.29) is 16.0 Å². The molecule has 17 heavy (non-hydrogen) atoms. The van der Waals surface area contributed by atoms with Gasteiger partial charge < -0.3 is 8.92 Å². The second-order valence-electron chi connectivity index (χ2n) is 3.00. The molecule has 1 rings (SSSR count). The first-order valence-electron chi connectivity index (χ1n) is 4.16. The fraction of sp³-hybridized carbons (Fsp3) is 0.250. The molecule has 1 aromatic carbocycles. The van der Waals surface area contributed by atoms with Gasteiger partial charge in [-0.25, -0.2) is 0 Å². The SMILES string of the molecule is COc1cc(Br)c(OS(C)(=O)=O)c([N+](=O)[O-])c1. The molecular weight excluding hydrogens is 318 g/mol. The lowest BCUT2D eigenvalue weighted by Gasteiger charge is -2.08. The molecule has 0 heterocycles. The van der Waals surface area contributed by atoms with E-state index < -0.39 is 20.7 Å². The summed E-state index contributed by atoms with van der Waals surface area (Å²) in [5.74, 6) is -0.164. The smallest absolute Gasteiger partial charge is 0.317 e. The maximum atomic E-state index is 11.0. The van der Waals surface area contributed by atoms with Crippen molar-refractivity contribution in [2.24, 2.45) is 0 Å². The quantitative estimate of drug-likeness (QED) is 0.475. The summed E-state index contributed by atoms with van der Waals surface area (Å²) in [6.45, 7) is 0. The lowest BCUT2D eigenvalue weighted by Crippen LogP contribution is -2.08. The van der Waals surface area contributed by atoms with Gasteiger partial charge in [0.2, 0.25) is 5.75 Å². The molecule has 0 aliphatic heterocycles. The third-order valence-electron chi connectivity index (χ3n) is 1.66. The normalized spacial score (nSPS) is 11.0. The van der Waals surface area contributed by atoms with Crippen LogP contribution in [-0.2, 0) is 10.1 Å². The van der Waals surface area contributed by atoms with E-state index in [0.29, 0.717) is 0 Å². The molecule has 94 valence electrons. The van der Waals surface area contributed by atoms with Crippen LogP contribution in [-0.4, -0.2) is 26.7 Å². The number of hydrogen-bond donors (Lipinski definition) is 0. The van der Waals surface area contributed by atoms with Crippen LogP contribution in [0.3, 0.4) is 0 Å². The van der Waals surface area contributed by atoms with Crippen molar-refractivity contribution in [3.63, 3.8) is 0 Å². The summed E-state index contributed by atoms with van der Waals surface area (Å²) >= 11 is 2.99. The monoisotopic (exact) mass is 325 g/mol. The zero-order chi connectivity index (χ0) is 13.2. The Morgan fingerprint density at radius 2 is 2.00 bits per heavy atom.